The Hall–Kier alpha value is -2.22. The van der Waals surface area contributed by atoms with Crippen molar-refractivity contribution < 1.29 is 29.6 Å². The molecule has 2 aromatic rings. The smallest absolute Gasteiger partial charge is 0.338 e. The van der Waals surface area contributed by atoms with Crippen molar-refractivity contribution in [1.29, 1.82) is 0 Å². The second kappa shape index (κ2) is 6.35. The number of aliphatic hydroxyl groups is 2. The number of ether oxygens (including phenoxy) is 1. The number of carboxylic acid groups (broad SMARTS) is 1. The fraction of sp³-hybridized carbons (Fsp3) is 0.412. The van der Waals surface area contributed by atoms with Crippen LogP contribution in [0.25, 0.3) is 10.9 Å². The third kappa shape index (κ3) is 3.64. The molecular formula is C17H21NO6. The highest BCUT2D eigenvalue weighted by Gasteiger charge is 2.45. The Morgan fingerprint density at radius 3 is 2.50 bits per heavy atom. The zero-order chi connectivity index (χ0) is 18.1. The molecule has 1 heterocycles. The standard InChI is InChI=1S/C17H21NO6/c1-16(2,3)24-17(23,14(20)15(21)22)10-18-8-11(9-19)12-6-4-5-7-13(12)18/h4-9,14,20,23H,10H2,1-3H3,(H,21,22). The Kier molecular flexibility index (Phi) is 4.80. The van der Waals surface area contributed by atoms with Crippen molar-refractivity contribution in [3.8, 4) is 0 Å². The van der Waals surface area contributed by atoms with Crippen LogP contribution in [0.2, 0.25) is 0 Å². The first-order valence-electron chi connectivity index (χ1n) is 7.44. The number of rotatable bonds is 6. The first kappa shape index (κ1) is 18.1. The third-order valence-corrected chi connectivity index (χ3v) is 3.49. The first-order valence-corrected chi connectivity index (χ1v) is 7.44. The van der Waals surface area contributed by atoms with Crippen LogP contribution in [0.15, 0.2) is 30.5 Å². The number of para-hydroxylation sites is 1. The van der Waals surface area contributed by atoms with Crippen molar-refractivity contribution in [2.75, 3.05) is 0 Å². The molecule has 0 radical (unpaired) electrons. The normalized spacial score (nSPS) is 15.9. The third-order valence-electron chi connectivity index (χ3n) is 3.49. The number of aliphatic hydroxyl groups excluding tert-OH is 1. The lowest BCUT2D eigenvalue weighted by atomic mass is 10.1. The fourth-order valence-corrected chi connectivity index (χ4v) is 2.64. The highest BCUT2D eigenvalue weighted by atomic mass is 16.7. The van der Waals surface area contributed by atoms with E-state index in [9.17, 15) is 19.8 Å². The topological polar surface area (TPSA) is 109 Å². The van der Waals surface area contributed by atoms with Gasteiger partial charge in [-0.15, -0.1) is 0 Å². The maximum atomic E-state index is 11.2. The highest BCUT2D eigenvalue weighted by Crippen LogP contribution is 2.27. The Morgan fingerprint density at radius 1 is 1.33 bits per heavy atom. The van der Waals surface area contributed by atoms with Crippen LogP contribution < -0.4 is 0 Å². The molecule has 2 atom stereocenters. The SMILES string of the molecule is CC(C)(C)OC(O)(Cn1cc(C=O)c2ccccc21)C(O)C(=O)O. The summed E-state index contributed by atoms with van der Waals surface area (Å²) in [6.45, 7) is 4.55. The van der Waals surface area contributed by atoms with Crippen molar-refractivity contribution in [2.45, 2.75) is 44.8 Å². The summed E-state index contributed by atoms with van der Waals surface area (Å²) in [6, 6.07) is 6.99. The second-order valence-corrected chi connectivity index (χ2v) is 6.65. The van der Waals surface area contributed by atoms with Crippen LogP contribution in [-0.2, 0) is 16.1 Å². The van der Waals surface area contributed by atoms with Gasteiger partial charge < -0.3 is 24.6 Å². The molecule has 0 saturated carbocycles. The molecule has 7 heteroatoms. The Labute approximate surface area is 139 Å². The van der Waals surface area contributed by atoms with E-state index in [1.54, 1.807) is 45.0 Å². The molecule has 3 N–H and O–H groups in total. The molecule has 24 heavy (non-hydrogen) atoms. The summed E-state index contributed by atoms with van der Waals surface area (Å²) in [5.74, 6) is -3.97. The highest BCUT2D eigenvalue weighted by molar-refractivity contribution is 5.97. The summed E-state index contributed by atoms with van der Waals surface area (Å²) in [6.07, 6.45) is 0.0110. The van der Waals surface area contributed by atoms with E-state index < -0.39 is 23.5 Å². The summed E-state index contributed by atoms with van der Waals surface area (Å²) in [5.41, 5.74) is 0.114. The van der Waals surface area contributed by atoms with Gasteiger partial charge in [-0.05, 0) is 26.8 Å². The maximum Gasteiger partial charge on any atom is 0.338 e. The van der Waals surface area contributed by atoms with Crippen LogP contribution in [0.1, 0.15) is 31.1 Å². The zero-order valence-electron chi connectivity index (χ0n) is 13.8. The van der Waals surface area contributed by atoms with Gasteiger partial charge >= 0.3 is 5.97 Å². The van der Waals surface area contributed by atoms with Crippen molar-refractivity contribution in [3.63, 3.8) is 0 Å². The predicted octanol–water partition coefficient (Wildman–Crippen LogP) is 1.40. The van der Waals surface area contributed by atoms with Gasteiger partial charge in [0.2, 0.25) is 11.9 Å². The number of aromatic nitrogens is 1. The van der Waals surface area contributed by atoms with Crippen LogP contribution in [0.3, 0.4) is 0 Å². The minimum absolute atomic E-state index is 0.355. The van der Waals surface area contributed by atoms with E-state index in [1.807, 2.05) is 0 Å². The van der Waals surface area contributed by atoms with Gasteiger partial charge in [-0.2, -0.15) is 0 Å². The molecule has 0 amide bonds. The summed E-state index contributed by atoms with van der Waals surface area (Å²) in [4.78, 5) is 22.4. The van der Waals surface area contributed by atoms with Crippen LogP contribution in [0.5, 0.6) is 0 Å². The second-order valence-electron chi connectivity index (χ2n) is 6.65. The van der Waals surface area contributed by atoms with Gasteiger partial charge in [0.05, 0.1) is 12.1 Å². The van der Waals surface area contributed by atoms with Crippen molar-refractivity contribution in [3.05, 3.63) is 36.0 Å². The van der Waals surface area contributed by atoms with Gasteiger partial charge in [0.25, 0.3) is 0 Å². The molecule has 0 fully saturated rings. The molecule has 0 aliphatic rings. The van der Waals surface area contributed by atoms with E-state index in [-0.39, 0.29) is 6.54 Å². The van der Waals surface area contributed by atoms with E-state index in [0.29, 0.717) is 22.8 Å². The number of hydrogen-bond acceptors (Lipinski definition) is 5. The molecule has 0 aliphatic carbocycles. The summed E-state index contributed by atoms with van der Waals surface area (Å²) in [5, 5.41) is 30.4. The lowest BCUT2D eigenvalue weighted by Gasteiger charge is -2.37. The number of benzene rings is 1. The molecule has 0 spiro atoms. The first-order chi connectivity index (χ1) is 11.1. The number of fused-ring (bicyclic) bond motifs is 1. The number of aliphatic carboxylic acids is 1. The molecule has 2 unspecified atom stereocenters. The molecule has 1 aromatic heterocycles. The number of carbonyl (C=O) groups excluding carboxylic acids is 1. The number of carboxylic acids is 1. The van der Waals surface area contributed by atoms with Crippen molar-refractivity contribution >= 4 is 23.2 Å². The van der Waals surface area contributed by atoms with Gasteiger partial charge in [0.15, 0.2) is 6.29 Å². The van der Waals surface area contributed by atoms with Gasteiger partial charge in [-0.1, -0.05) is 18.2 Å². The van der Waals surface area contributed by atoms with Crippen molar-refractivity contribution in [2.24, 2.45) is 0 Å². The molecule has 0 bridgehead atoms. The van der Waals surface area contributed by atoms with E-state index >= 15 is 0 Å². The quantitative estimate of drug-likeness (QED) is 0.544. The summed E-state index contributed by atoms with van der Waals surface area (Å²) >= 11 is 0. The lowest BCUT2D eigenvalue weighted by molar-refractivity contribution is -0.297. The van der Waals surface area contributed by atoms with E-state index in [0.717, 1.165) is 0 Å². The minimum atomic E-state index is -2.37. The average Bonchev–Trinajstić information content (AvgIpc) is 2.82. The molecule has 0 aliphatic heterocycles. The maximum absolute atomic E-state index is 11.2. The van der Waals surface area contributed by atoms with Crippen LogP contribution >= 0.6 is 0 Å². The Balaban J connectivity index is 2.50. The number of aldehydes is 1. The van der Waals surface area contributed by atoms with Crippen molar-refractivity contribution in [1.82, 2.24) is 4.57 Å². The summed E-state index contributed by atoms with van der Waals surface area (Å²) in [7, 11) is 0. The van der Waals surface area contributed by atoms with Gasteiger partial charge in [0.1, 0.15) is 0 Å². The van der Waals surface area contributed by atoms with E-state index in [4.69, 9.17) is 9.84 Å². The fourth-order valence-electron chi connectivity index (χ4n) is 2.64. The largest absolute Gasteiger partial charge is 0.479 e. The Bertz CT molecular complexity index is 760. The minimum Gasteiger partial charge on any atom is -0.479 e. The van der Waals surface area contributed by atoms with Crippen LogP contribution in [-0.4, -0.2) is 49.6 Å². The van der Waals surface area contributed by atoms with E-state index in [2.05, 4.69) is 0 Å². The predicted molar refractivity (Wildman–Crippen MR) is 86.8 cm³/mol. The molecule has 0 saturated heterocycles. The number of nitrogens with zero attached hydrogens (tertiary/aromatic N) is 1. The zero-order valence-corrected chi connectivity index (χ0v) is 13.8. The number of carbonyl (C=O) groups is 2. The van der Waals surface area contributed by atoms with Gasteiger partial charge in [-0.25, -0.2) is 4.79 Å². The molecule has 130 valence electrons. The number of hydrogen-bond donors (Lipinski definition) is 3. The van der Waals surface area contributed by atoms with Crippen LogP contribution in [0.4, 0.5) is 0 Å². The summed E-state index contributed by atoms with van der Waals surface area (Å²) < 4.78 is 6.96. The van der Waals surface area contributed by atoms with Gasteiger partial charge in [0, 0.05) is 22.7 Å². The van der Waals surface area contributed by atoms with Gasteiger partial charge in [-0.3, -0.25) is 4.79 Å². The molecular weight excluding hydrogens is 314 g/mol. The molecule has 7 nitrogen and oxygen atoms in total. The molecule has 1 aromatic carbocycles. The average molecular weight is 335 g/mol. The lowest BCUT2D eigenvalue weighted by Crippen LogP contribution is -2.55. The van der Waals surface area contributed by atoms with E-state index in [1.165, 1.54) is 10.8 Å². The van der Waals surface area contributed by atoms with Crippen LogP contribution in [0, 0.1) is 0 Å². The Morgan fingerprint density at radius 2 is 1.96 bits per heavy atom. The molecule has 2 rings (SSSR count). The monoisotopic (exact) mass is 335 g/mol.